The zero-order valence-corrected chi connectivity index (χ0v) is 18.9. The van der Waals surface area contributed by atoms with E-state index in [4.69, 9.17) is 9.47 Å². The summed E-state index contributed by atoms with van der Waals surface area (Å²) >= 11 is 0. The first-order chi connectivity index (χ1) is 16.0. The van der Waals surface area contributed by atoms with Crippen LogP contribution in [0.25, 0.3) is 11.3 Å². The quantitative estimate of drug-likeness (QED) is 0.556. The molecule has 6 nitrogen and oxygen atoms in total. The van der Waals surface area contributed by atoms with E-state index >= 15 is 0 Å². The third kappa shape index (κ3) is 4.16. The van der Waals surface area contributed by atoms with E-state index in [1.54, 1.807) is 17.2 Å². The summed E-state index contributed by atoms with van der Waals surface area (Å²) in [5.41, 5.74) is 4.13. The molecule has 0 fully saturated rings. The number of anilines is 1. The summed E-state index contributed by atoms with van der Waals surface area (Å²) in [5, 5.41) is 0. The fourth-order valence-corrected chi connectivity index (χ4v) is 5.37. The third-order valence-electron chi connectivity index (χ3n) is 5.98. The minimum Gasteiger partial charge on any atom is -0.480 e. The number of benzene rings is 2. The molecule has 2 aromatic carbocycles. The van der Waals surface area contributed by atoms with Crippen molar-refractivity contribution in [3.05, 3.63) is 71.7 Å². The highest BCUT2D eigenvalue weighted by Gasteiger charge is 2.36. The fraction of sp³-hybridized carbons (Fsp3) is 0.280. The van der Waals surface area contributed by atoms with Gasteiger partial charge >= 0.3 is 0 Å². The van der Waals surface area contributed by atoms with Crippen LogP contribution in [0.4, 0.5) is 10.1 Å². The number of rotatable bonds is 6. The van der Waals surface area contributed by atoms with Crippen LogP contribution in [0.5, 0.6) is 5.75 Å². The minimum absolute atomic E-state index is 0.0983. The number of methoxy groups -OCH3 is 1. The van der Waals surface area contributed by atoms with E-state index < -0.39 is 22.7 Å². The molecule has 0 saturated heterocycles. The third-order valence-corrected chi connectivity index (χ3v) is 7.32. The van der Waals surface area contributed by atoms with Gasteiger partial charge in [-0.2, -0.15) is 0 Å². The van der Waals surface area contributed by atoms with Crippen LogP contribution < -0.4 is 9.64 Å². The van der Waals surface area contributed by atoms with E-state index in [2.05, 4.69) is 4.98 Å². The monoisotopic (exact) mass is 466 g/mol. The maximum Gasteiger partial charge on any atom is 0.268 e. The predicted octanol–water partition coefficient (Wildman–Crippen LogP) is 3.53. The first-order valence-corrected chi connectivity index (χ1v) is 12.1. The van der Waals surface area contributed by atoms with E-state index in [0.717, 1.165) is 22.4 Å². The molecule has 2 aliphatic rings. The summed E-state index contributed by atoms with van der Waals surface area (Å²) in [6.07, 6.45) is 2.09. The molecular formula is C25H23FN2O4S. The lowest BCUT2D eigenvalue weighted by atomic mass is 10.0. The lowest BCUT2D eigenvalue weighted by molar-refractivity contribution is -0.124. The lowest BCUT2D eigenvalue weighted by Crippen LogP contribution is -2.40. The molecule has 2 atom stereocenters. The van der Waals surface area contributed by atoms with Crippen molar-refractivity contribution in [2.75, 3.05) is 30.9 Å². The molecule has 2 aliphatic heterocycles. The van der Waals surface area contributed by atoms with Crippen LogP contribution >= 0.6 is 0 Å². The van der Waals surface area contributed by atoms with Crippen molar-refractivity contribution in [3.8, 4) is 17.0 Å². The summed E-state index contributed by atoms with van der Waals surface area (Å²) < 4.78 is 38.0. The number of hydrogen-bond donors (Lipinski definition) is 0. The van der Waals surface area contributed by atoms with Gasteiger partial charge in [0.15, 0.2) is 6.10 Å². The number of halogens is 1. The normalized spacial score (nSPS) is 17.4. The Hall–Kier alpha value is -3.10. The molecule has 0 spiro atoms. The Morgan fingerprint density at radius 2 is 2.12 bits per heavy atom. The molecular weight excluding hydrogens is 443 g/mol. The van der Waals surface area contributed by atoms with Crippen molar-refractivity contribution >= 4 is 22.4 Å². The van der Waals surface area contributed by atoms with Gasteiger partial charge in [0, 0.05) is 37.5 Å². The van der Waals surface area contributed by atoms with Gasteiger partial charge in [-0.1, -0.05) is 6.07 Å². The molecule has 0 N–H and O–H groups in total. The van der Waals surface area contributed by atoms with Crippen molar-refractivity contribution in [2.45, 2.75) is 23.8 Å². The number of carbonyl (C=O) groups excluding carboxylic acids is 1. The number of carbonyl (C=O) groups is 1. The molecule has 0 radical (unpaired) electrons. The second-order valence-electron chi connectivity index (χ2n) is 8.04. The van der Waals surface area contributed by atoms with E-state index in [9.17, 15) is 13.4 Å². The van der Waals surface area contributed by atoms with Gasteiger partial charge in [0.1, 0.15) is 11.6 Å². The van der Waals surface area contributed by atoms with Crippen LogP contribution in [0, 0.1) is 5.82 Å². The molecule has 3 heterocycles. The van der Waals surface area contributed by atoms with Crippen molar-refractivity contribution < 1.29 is 22.9 Å². The highest BCUT2D eigenvalue weighted by atomic mass is 32.2. The number of fused-ring (bicyclic) bond motifs is 2. The van der Waals surface area contributed by atoms with E-state index in [0.29, 0.717) is 30.8 Å². The summed E-state index contributed by atoms with van der Waals surface area (Å²) in [6, 6.07) is 14.5. The molecule has 0 saturated carbocycles. The van der Waals surface area contributed by atoms with Crippen LogP contribution in [-0.4, -0.2) is 47.2 Å². The molecule has 3 aromatic rings. The molecule has 0 bridgehead atoms. The summed E-state index contributed by atoms with van der Waals surface area (Å²) in [5.74, 6) is 0.196. The first-order valence-electron chi connectivity index (χ1n) is 10.8. The van der Waals surface area contributed by atoms with Crippen molar-refractivity contribution in [3.63, 3.8) is 0 Å². The highest BCUT2D eigenvalue weighted by Crippen LogP contribution is 2.36. The minimum atomic E-state index is -1.55. The van der Waals surface area contributed by atoms with Gasteiger partial charge in [-0.05, 0) is 60.0 Å². The molecule has 170 valence electrons. The van der Waals surface area contributed by atoms with Crippen LogP contribution in [-0.2, 0) is 33.2 Å². The maximum absolute atomic E-state index is 14.5. The van der Waals surface area contributed by atoms with Gasteiger partial charge in [0.25, 0.3) is 5.91 Å². The number of ether oxygens (including phenoxy) is 2. The van der Waals surface area contributed by atoms with Gasteiger partial charge in [-0.15, -0.1) is 0 Å². The summed E-state index contributed by atoms with van der Waals surface area (Å²) in [6.45, 7) is 0.706. The summed E-state index contributed by atoms with van der Waals surface area (Å²) in [4.78, 5) is 19.5. The van der Waals surface area contributed by atoms with Gasteiger partial charge in [-0.25, -0.2) is 4.39 Å². The van der Waals surface area contributed by atoms with Crippen LogP contribution in [0.2, 0.25) is 0 Å². The van der Waals surface area contributed by atoms with Crippen molar-refractivity contribution in [1.82, 2.24) is 4.98 Å². The second kappa shape index (κ2) is 9.03. The molecule has 5 rings (SSSR count). The van der Waals surface area contributed by atoms with Crippen molar-refractivity contribution in [2.24, 2.45) is 0 Å². The smallest absolute Gasteiger partial charge is 0.268 e. The fourth-order valence-electron chi connectivity index (χ4n) is 4.31. The van der Waals surface area contributed by atoms with Gasteiger partial charge in [0.05, 0.1) is 33.7 Å². The van der Waals surface area contributed by atoms with Crippen LogP contribution in [0.1, 0.15) is 11.1 Å². The predicted molar refractivity (Wildman–Crippen MR) is 123 cm³/mol. The molecule has 1 amide bonds. The lowest BCUT2D eigenvalue weighted by Gasteiger charge is -2.21. The number of nitrogens with zero attached hydrogens (tertiary/aromatic N) is 2. The van der Waals surface area contributed by atoms with Gasteiger partial charge in [0.2, 0.25) is 0 Å². The average molecular weight is 467 g/mol. The number of aromatic nitrogens is 1. The van der Waals surface area contributed by atoms with E-state index in [-0.39, 0.29) is 23.2 Å². The van der Waals surface area contributed by atoms with E-state index in [1.165, 1.54) is 13.2 Å². The Labute approximate surface area is 193 Å². The van der Waals surface area contributed by atoms with E-state index in [1.807, 2.05) is 36.4 Å². The number of pyridine rings is 1. The van der Waals surface area contributed by atoms with Gasteiger partial charge in [-0.3, -0.25) is 14.0 Å². The topological polar surface area (TPSA) is 68.7 Å². The Morgan fingerprint density at radius 3 is 2.91 bits per heavy atom. The van der Waals surface area contributed by atoms with Gasteiger partial charge < -0.3 is 14.4 Å². The molecule has 1 aromatic heterocycles. The Morgan fingerprint density at radius 1 is 1.24 bits per heavy atom. The Bertz CT molecular complexity index is 1230. The standard InChI is InChI=1S/C25H23FN2O4S/c1-31-10-11-33(30)24-15-21-17(13-19(24)26)7-9-28(21)25(29)23-14-18-12-16(5-6-22(18)32-23)20-4-2-3-8-27-20/h2-6,8,12-13,15,23H,7,9-11,14H2,1H3/t23-,33?/m1/s1. The van der Waals surface area contributed by atoms with Crippen LogP contribution in [0.3, 0.4) is 0 Å². The average Bonchev–Trinajstić information content (AvgIpc) is 3.45. The zero-order valence-electron chi connectivity index (χ0n) is 18.1. The van der Waals surface area contributed by atoms with Crippen molar-refractivity contribution in [1.29, 1.82) is 0 Å². The first kappa shape index (κ1) is 21.7. The molecule has 33 heavy (non-hydrogen) atoms. The highest BCUT2D eigenvalue weighted by molar-refractivity contribution is 7.85. The number of hydrogen-bond acceptors (Lipinski definition) is 5. The second-order valence-corrected chi connectivity index (χ2v) is 9.58. The largest absolute Gasteiger partial charge is 0.480 e. The van der Waals surface area contributed by atoms with Crippen LogP contribution in [0.15, 0.2) is 59.6 Å². The molecule has 1 unspecified atom stereocenters. The Balaban J connectivity index is 1.36. The molecule has 0 aliphatic carbocycles. The summed E-state index contributed by atoms with van der Waals surface area (Å²) in [7, 11) is -0.0364. The molecule has 8 heteroatoms. The maximum atomic E-state index is 14.5. The Kier molecular flexibility index (Phi) is 5.95. The zero-order chi connectivity index (χ0) is 22.9. The SMILES string of the molecule is COCCS(=O)c1cc2c(cc1F)CCN2C(=O)[C@H]1Cc2cc(-c3ccccn3)ccc2O1. The number of amides is 1.